The lowest BCUT2D eigenvalue weighted by molar-refractivity contribution is 0.104. The summed E-state index contributed by atoms with van der Waals surface area (Å²) in [6.45, 7) is 3.39. The van der Waals surface area contributed by atoms with E-state index in [0.29, 0.717) is 17.1 Å². The first kappa shape index (κ1) is 13.2. The van der Waals surface area contributed by atoms with Gasteiger partial charge in [-0.3, -0.25) is 4.79 Å². The molecule has 0 aliphatic carbocycles. The van der Waals surface area contributed by atoms with Gasteiger partial charge in [-0.2, -0.15) is 0 Å². The molecule has 1 aromatic carbocycles. The Kier molecular flexibility index (Phi) is 3.60. The van der Waals surface area contributed by atoms with Crippen molar-refractivity contribution in [3.63, 3.8) is 0 Å². The lowest BCUT2D eigenvalue weighted by Crippen LogP contribution is -1.95. The van der Waals surface area contributed by atoms with Crippen LogP contribution in [0.5, 0.6) is 0 Å². The van der Waals surface area contributed by atoms with E-state index in [1.54, 1.807) is 19.9 Å². The van der Waals surface area contributed by atoms with Crippen LogP contribution >= 0.6 is 0 Å². The van der Waals surface area contributed by atoms with E-state index in [0.717, 1.165) is 24.3 Å². The third kappa shape index (κ3) is 2.78. The van der Waals surface area contributed by atoms with E-state index in [1.165, 1.54) is 6.07 Å². The van der Waals surface area contributed by atoms with Crippen molar-refractivity contribution in [2.45, 2.75) is 13.8 Å². The van der Waals surface area contributed by atoms with E-state index in [9.17, 15) is 13.6 Å². The van der Waals surface area contributed by atoms with Crippen molar-refractivity contribution in [1.82, 2.24) is 0 Å². The molecule has 0 spiro atoms. The molecule has 19 heavy (non-hydrogen) atoms. The Balaban J connectivity index is 2.28. The van der Waals surface area contributed by atoms with Crippen LogP contribution < -0.4 is 0 Å². The summed E-state index contributed by atoms with van der Waals surface area (Å²) < 4.78 is 32.0. The van der Waals surface area contributed by atoms with Crippen molar-refractivity contribution in [2.75, 3.05) is 0 Å². The Morgan fingerprint density at radius 1 is 1.21 bits per heavy atom. The third-order valence-electron chi connectivity index (χ3n) is 2.71. The van der Waals surface area contributed by atoms with Crippen LogP contribution in [0.15, 0.2) is 34.8 Å². The average Bonchev–Trinajstić information content (AvgIpc) is 2.67. The van der Waals surface area contributed by atoms with E-state index >= 15 is 0 Å². The number of furan rings is 1. The molecule has 2 rings (SSSR count). The number of hydrogen-bond donors (Lipinski definition) is 0. The number of carbonyl (C=O) groups excluding carboxylic acids is 1. The van der Waals surface area contributed by atoms with Gasteiger partial charge in [0, 0.05) is 5.56 Å². The highest BCUT2D eigenvalue weighted by molar-refractivity contribution is 6.07. The van der Waals surface area contributed by atoms with Gasteiger partial charge in [-0.15, -0.1) is 0 Å². The Bertz CT molecular complexity index is 634. The van der Waals surface area contributed by atoms with Crippen molar-refractivity contribution in [3.05, 3.63) is 64.6 Å². The highest BCUT2D eigenvalue weighted by Crippen LogP contribution is 2.17. The number of allylic oxidation sites excluding steroid dienone is 1. The number of ketones is 1. The highest BCUT2D eigenvalue weighted by Gasteiger charge is 2.11. The van der Waals surface area contributed by atoms with Gasteiger partial charge in [0.2, 0.25) is 0 Å². The van der Waals surface area contributed by atoms with Crippen LogP contribution in [0.25, 0.3) is 6.08 Å². The van der Waals surface area contributed by atoms with E-state index < -0.39 is 11.6 Å². The van der Waals surface area contributed by atoms with Gasteiger partial charge in [-0.25, -0.2) is 8.78 Å². The second-order valence-electron chi connectivity index (χ2n) is 4.16. The zero-order valence-corrected chi connectivity index (χ0v) is 10.5. The number of benzene rings is 1. The molecule has 2 nitrogen and oxygen atoms in total. The first-order valence-corrected chi connectivity index (χ1v) is 5.72. The Labute approximate surface area is 109 Å². The predicted octanol–water partition coefficient (Wildman–Crippen LogP) is 4.07. The van der Waals surface area contributed by atoms with E-state index in [1.807, 2.05) is 0 Å². The van der Waals surface area contributed by atoms with Gasteiger partial charge >= 0.3 is 0 Å². The predicted molar refractivity (Wildman–Crippen MR) is 67.9 cm³/mol. The number of hydrogen-bond acceptors (Lipinski definition) is 2. The molecule has 0 atom stereocenters. The molecule has 0 bridgehead atoms. The summed E-state index contributed by atoms with van der Waals surface area (Å²) in [7, 11) is 0. The molecule has 0 unspecified atom stereocenters. The second-order valence-corrected chi connectivity index (χ2v) is 4.16. The zero-order chi connectivity index (χ0) is 14.0. The topological polar surface area (TPSA) is 30.2 Å². The standard InChI is InChI=1S/C15H12F2O2/c1-9-8-12(10(2)19-9)15(18)7-6-11-13(16)4-3-5-14(11)17/h3-8H,1-2H3/b7-6+. The SMILES string of the molecule is Cc1cc(C(=O)/C=C/c2c(F)cccc2F)c(C)o1. The summed E-state index contributed by atoms with van der Waals surface area (Å²) in [5.74, 6) is -0.655. The van der Waals surface area contributed by atoms with Crippen LogP contribution in [-0.2, 0) is 0 Å². The van der Waals surface area contributed by atoms with Gasteiger partial charge in [0.05, 0.1) is 5.56 Å². The second kappa shape index (κ2) is 5.18. The maximum absolute atomic E-state index is 13.4. The fourth-order valence-corrected chi connectivity index (χ4v) is 1.79. The number of halogens is 2. The third-order valence-corrected chi connectivity index (χ3v) is 2.71. The van der Waals surface area contributed by atoms with Gasteiger partial charge in [0.1, 0.15) is 23.2 Å². The molecule has 98 valence electrons. The number of aryl methyl sites for hydroxylation is 2. The molecule has 0 radical (unpaired) electrons. The van der Waals surface area contributed by atoms with Crippen molar-refractivity contribution >= 4 is 11.9 Å². The van der Waals surface area contributed by atoms with E-state index in [2.05, 4.69) is 0 Å². The molecule has 1 heterocycles. The summed E-state index contributed by atoms with van der Waals surface area (Å²) >= 11 is 0. The van der Waals surface area contributed by atoms with Gasteiger partial charge in [-0.1, -0.05) is 6.07 Å². The van der Waals surface area contributed by atoms with Crippen molar-refractivity contribution in [3.8, 4) is 0 Å². The summed E-state index contributed by atoms with van der Waals surface area (Å²) in [6.07, 6.45) is 2.27. The van der Waals surface area contributed by atoms with Crippen molar-refractivity contribution < 1.29 is 18.0 Å². The fourth-order valence-electron chi connectivity index (χ4n) is 1.79. The first-order chi connectivity index (χ1) is 8.99. The summed E-state index contributed by atoms with van der Waals surface area (Å²) in [5.41, 5.74) is 0.166. The summed E-state index contributed by atoms with van der Waals surface area (Å²) in [4.78, 5) is 11.9. The Morgan fingerprint density at radius 3 is 2.37 bits per heavy atom. The quantitative estimate of drug-likeness (QED) is 0.616. The molecule has 0 aliphatic heterocycles. The molecule has 4 heteroatoms. The van der Waals surface area contributed by atoms with Crippen LogP contribution in [0.1, 0.15) is 27.4 Å². The van der Waals surface area contributed by atoms with Crippen LogP contribution in [0, 0.1) is 25.5 Å². The van der Waals surface area contributed by atoms with E-state index in [4.69, 9.17) is 4.42 Å². The lowest BCUT2D eigenvalue weighted by atomic mass is 10.1. The molecular weight excluding hydrogens is 250 g/mol. The average molecular weight is 262 g/mol. The maximum atomic E-state index is 13.4. The van der Waals surface area contributed by atoms with Gasteiger partial charge in [-0.05, 0) is 44.2 Å². The molecule has 0 saturated carbocycles. The molecule has 0 amide bonds. The molecule has 1 aromatic heterocycles. The zero-order valence-electron chi connectivity index (χ0n) is 10.5. The van der Waals surface area contributed by atoms with Gasteiger partial charge in [0.25, 0.3) is 0 Å². The molecule has 0 fully saturated rings. The number of carbonyl (C=O) groups is 1. The Hall–Kier alpha value is -2.23. The fraction of sp³-hybridized carbons (Fsp3) is 0.133. The largest absolute Gasteiger partial charge is 0.466 e. The molecule has 0 N–H and O–H groups in total. The van der Waals surface area contributed by atoms with E-state index in [-0.39, 0.29) is 11.3 Å². The summed E-state index contributed by atoms with van der Waals surface area (Å²) in [5, 5.41) is 0. The first-order valence-electron chi connectivity index (χ1n) is 5.72. The Morgan fingerprint density at radius 2 is 1.84 bits per heavy atom. The molecular formula is C15H12F2O2. The van der Waals surface area contributed by atoms with Crippen LogP contribution in [0.3, 0.4) is 0 Å². The van der Waals surface area contributed by atoms with Gasteiger partial charge in [0.15, 0.2) is 5.78 Å². The van der Waals surface area contributed by atoms with Crippen LogP contribution in [-0.4, -0.2) is 5.78 Å². The van der Waals surface area contributed by atoms with Gasteiger partial charge < -0.3 is 4.42 Å². The minimum absolute atomic E-state index is 0.228. The molecule has 2 aromatic rings. The van der Waals surface area contributed by atoms with Crippen molar-refractivity contribution in [1.29, 1.82) is 0 Å². The maximum Gasteiger partial charge on any atom is 0.189 e. The normalized spacial score (nSPS) is 11.2. The smallest absolute Gasteiger partial charge is 0.189 e. The monoisotopic (exact) mass is 262 g/mol. The molecule has 0 saturated heterocycles. The summed E-state index contributed by atoms with van der Waals surface area (Å²) in [6, 6.07) is 5.15. The highest BCUT2D eigenvalue weighted by atomic mass is 19.1. The van der Waals surface area contributed by atoms with Crippen molar-refractivity contribution in [2.24, 2.45) is 0 Å². The minimum Gasteiger partial charge on any atom is -0.466 e. The lowest BCUT2D eigenvalue weighted by Gasteiger charge is -1.98. The molecule has 0 aliphatic rings. The number of rotatable bonds is 3. The minimum atomic E-state index is -0.704. The van der Waals surface area contributed by atoms with Crippen LogP contribution in [0.2, 0.25) is 0 Å². The van der Waals surface area contributed by atoms with Crippen LogP contribution in [0.4, 0.5) is 8.78 Å².